The number of aromatic amines is 1. The number of aromatic nitrogens is 3. The number of nitro benzene ring substituents is 1. The first-order valence-corrected chi connectivity index (χ1v) is 7.70. The highest BCUT2D eigenvalue weighted by Crippen LogP contribution is 2.37. The monoisotopic (exact) mass is 312 g/mol. The summed E-state index contributed by atoms with van der Waals surface area (Å²) in [6.45, 7) is 0. The van der Waals surface area contributed by atoms with Gasteiger partial charge in [0.25, 0.3) is 5.69 Å². The fraction of sp³-hybridized carbons (Fsp3) is 0.0667. The number of hydrogen-bond donors (Lipinski definition) is 1. The second-order valence-electron chi connectivity index (χ2n) is 4.53. The summed E-state index contributed by atoms with van der Waals surface area (Å²) in [7, 11) is 0. The number of nitrogens with one attached hydrogen (secondary N) is 1. The SMILES string of the molecule is CSc1n[nH]c(-c2cccnc2)c1-c1ccc([N+](=O)[O-])cc1. The number of hydrogen-bond acceptors (Lipinski definition) is 5. The Labute approximate surface area is 130 Å². The molecule has 6 nitrogen and oxygen atoms in total. The number of nitro groups is 1. The fourth-order valence-corrected chi connectivity index (χ4v) is 2.77. The first kappa shape index (κ1) is 14.3. The fourth-order valence-electron chi connectivity index (χ4n) is 2.21. The average Bonchev–Trinajstić information content (AvgIpc) is 2.99. The zero-order valence-corrected chi connectivity index (χ0v) is 12.5. The summed E-state index contributed by atoms with van der Waals surface area (Å²) in [6, 6.07) is 10.3. The van der Waals surface area contributed by atoms with Crippen LogP contribution in [0.2, 0.25) is 0 Å². The van der Waals surface area contributed by atoms with Crippen molar-refractivity contribution >= 4 is 17.4 Å². The standard InChI is InChI=1S/C15H12N4O2S/c1-22-15-13(10-4-6-12(7-5-10)19(20)21)14(17-18-15)11-3-2-8-16-9-11/h2-9H,1H3,(H,17,18). The Morgan fingerprint density at radius 2 is 1.95 bits per heavy atom. The zero-order valence-electron chi connectivity index (χ0n) is 11.7. The highest BCUT2D eigenvalue weighted by atomic mass is 32.2. The van der Waals surface area contributed by atoms with Crippen LogP contribution in [0.25, 0.3) is 22.4 Å². The van der Waals surface area contributed by atoms with Crippen LogP contribution in [-0.4, -0.2) is 26.4 Å². The van der Waals surface area contributed by atoms with Crippen molar-refractivity contribution in [1.29, 1.82) is 0 Å². The lowest BCUT2D eigenvalue weighted by atomic mass is 10.0. The van der Waals surface area contributed by atoms with Gasteiger partial charge < -0.3 is 0 Å². The number of thioether (sulfide) groups is 1. The van der Waals surface area contributed by atoms with Crippen LogP contribution in [0.3, 0.4) is 0 Å². The largest absolute Gasteiger partial charge is 0.276 e. The van der Waals surface area contributed by atoms with Gasteiger partial charge >= 0.3 is 0 Å². The molecule has 2 heterocycles. The van der Waals surface area contributed by atoms with Crippen molar-refractivity contribution in [1.82, 2.24) is 15.2 Å². The molecule has 1 aromatic carbocycles. The Balaban J connectivity index is 2.13. The van der Waals surface area contributed by atoms with Crippen molar-refractivity contribution in [3.63, 3.8) is 0 Å². The van der Waals surface area contributed by atoms with Crippen LogP contribution in [-0.2, 0) is 0 Å². The molecular formula is C15H12N4O2S. The average molecular weight is 312 g/mol. The third kappa shape index (κ3) is 2.58. The van der Waals surface area contributed by atoms with Crippen LogP contribution >= 0.6 is 11.8 Å². The Bertz CT molecular complexity index is 800. The van der Waals surface area contributed by atoms with Crippen LogP contribution in [0.15, 0.2) is 53.8 Å². The Kier molecular flexibility index (Phi) is 3.88. The van der Waals surface area contributed by atoms with Crippen molar-refractivity contribution in [2.75, 3.05) is 6.26 Å². The molecule has 0 radical (unpaired) electrons. The van der Waals surface area contributed by atoms with Crippen molar-refractivity contribution in [3.8, 4) is 22.4 Å². The minimum Gasteiger partial charge on any atom is -0.276 e. The van der Waals surface area contributed by atoms with Crippen molar-refractivity contribution < 1.29 is 4.92 Å². The molecule has 3 rings (SSSR count). The number of nitrogens with zero attached hydrogens (tertiary/aromatic N) is 3. The summed E-state index contributed by atoms with van der Waals surface area (Å²) in [5, 5.41) is 19.0. The van der Waals surface area contributed by atoms with Gasteiger partial charge in [0.1, 0.15) is 5.03 Å². The van der Waals surface area contributed by atoms with Crippen LogP contribution in [0.4, 0.5) is 5.69 Å². The Hall–Kier alpha value is -2.67. The molecule has 0 aliphatic carbocycles. The maximum Gasteiger partial charge on any atom is 0.269 e. The Morgan fingerprint density at radius 3 is 2.55 bits per heavy atom. The van der Waals surface area contributed by atoms with E-state index in [-0.39, 0.29) is 5.69 Å². The van der Waals surface area contributed by atoms with Gasteiger partial charge in [-0.15, -0.1) is 11.8 Å². The minimum atomic E-state index is -0.406. The summed E-state index contributed by atoms with van der Waals surface area (Å²) in [6.07, 6.45) is 5.41. The van der Waals surface area contributed by atoms with E-state index in [2.05, 4.69) is 15.2 Å². The lowest BCUT2D eigenvalue weighted by molar-refractivity contribution is -0.384. The highest BCUT2D eigenvalue weighted by molar-refractivity contribution is 7.98. The second kappa shape index (κ2) is 5.98. The van der Waals surface area contributed by atoms with E-state index < -0.39 is 4.92 Å². The van der Waals surface area contributed by atoms with E-state index in [1.807, 2.05) is 18.4 Å². The van der Waals surface area contributed by atoms with Gasteiger partial charge in [-0.25, -0.2) is 0 Å². The molecule has 0 amide bonds. The van der Waals surface area contributed by atoms with Gasteiger partial charge in [-0.3, -0.25) is 20.2 Å². The maximum atomic E-state index is 10.8. The molecule has 0 saturated carbocycles. The number of pyridine rings is 1. The van der Waals surface area contributed by atoms with Crippen LogP contribution in [0, 0.1) is 10.1 Å². The lowest BCUT2D eigenvalue weighted by Gasteiger charge is -2.05. The first-order chi connectivity index (χ1) is 10.7. The molecule has 0 fully saturated rings. The molecule has 2 aromatic heterocycles. The van der Waals surface area contributed by atoms with Gasteiger partial charge in [0.2, 0.25) is 0 Å². The Morgan fingerprint density at radius 1 is 1.18 bits per heavy atom. The van der Waals surface area contributed by atoms with E-state index >= 15 is 0 Å². The van der Waals surface area contributed by atoms with Gasteiger partial charge in [0, 0.05) is 35.7 Å². The normalized spacial score (nSPS) is 10.6. The second-order valence-corrected chi connectivity index (χ2v) is 5.32. The number of H-pyrrole nitrogens is 1. The molecule has 1 N–H and O–H groups in total. The number of non-ortho nitro benzene ring substituents is 1. The maximum absolute atomic E-state index is 10.8. The van der Waals surface area contributed by atoms with Crippen molar-refractivity contribution in [3.05, 3.63) is 58.9 Å². The number of rotatable bonds is 4. The molecule has 0 aliphatic heterocycles. The van der Waals surface area contributed by atoms with Crippen molar-refractivity contribution in [2.24, 2.45) is 0 Å². The predicted molar refractivity (Wildman–Crippen MR) is 85.7 cm³/mol. The topological polar surface area (TPSA) is 84.7 Å². The van der Waals surface area contributed by atoms with Crippen LogP contribution in [0.5, 0.6) is 0 Å². The molecule has 0 unspecified atom stereocenters. The lowest BCUT2D eigenvalue weighted by Crippen LogP contribution is -1.88. The summed E-state index contributed by atoms with van der Waals surface area (Å²) in [5.41, 5.74) is 3.65. The third-order valence-corrected chi connectivity index (χ3v) is 3.93. The summed E-state index contributed by atoms with van der Waals surface area (Å²) in [5.74, 6) is 0. The van der Waals surface area contributed by atoms with E-state index in [0.29, 0.717) is 0 Å². The molecule has 110 valence electrons. The van der Waals surface area contributed by atoms with Gasteiger partial charge in [-0.1, -0.05) is 0 Å². The van der Waals surface area contributed by atoms with Gasteiger partial charge in [-0.2, -0.15) is 5.10 Å². The zero-order chi connectivity index (χ0) is 15.5. The van der Waals surface area contributed by atoms with E-state index in [1.165, 1.54) is 23.9 Å². The molecule has 22 heavy (non-hydrogen) atoms. The van der Waals surface area contributed by atoms with Crippen molar-refractivity contribution in [2.45, 2.75) is 5.03 Å². The summed E-state index contributed by atoms with van der Waals surface area (Å²) >= 11 is 1.52. The molecule has 0 bridgehead atoms. The summed E-state index contributed by atoms with van der Waals surface area (Å²) in [4.78, 5) is 14.5. The molecule has 7 heteroatoms. The third-order valence-electron chi connectivity index (χ3n) is 3.24. The van der Waals surface area contributed by atoms with Gasteiger partial charge in [-0.05, 0) is 36.1 Å². The smallest absolute Gasteiger partial charge is 0.269 e. The van der Waals surface area contributed by atoms with E-state index in [0.717, 1.165) is 27.4 Å². The first-order valence-electron chi connectivity index (χ1n) is 6.48. The molecule has 0 saturated heterocycles. The highest BCUT2D eigenvalue weighted by Gasteiger charge is 2.17. The van der Waals surface area contributed by atoms with E-state index in [4.69, 9.17) is 0 Å². The molecular weight excluding hydrogens is 300 g/mol. The minimum absolute atomic E-state index is 0.0703. The number of benzene rings is 1. The summed E-state index contributed by atoms with van der Waals surface area (Å²) < 4.78 is 0. The van der Waals surface area contributed by atoms with E-state index in [1.54, 1.807) is 24.5 Å². The molecule has 0 atom stereocenters. The molecule has 0 spiro atoms. The van der Waals surface area contributed by atoms with Crippen LogP contribution < -0.4 is 0 Å². The quantitative estimate of drug-likeness (QED) is 0.450. The van der Waals surface area contributed by atoms with Gasteiger partial charge in [0.05, 0.1) is 10.6 Å². The van der Waals surface area contributed by atoms with Gasteiger partial charge in [0.15, 0.2) is 0 Å². The predicted octanol–water partition coefficient (Wildman–Crippen LogP) is 3.77. The van der Waals surface area contributed by atoms with E-state index in [9.17, 15) is 10.1 Å². The van der Waals surface area contributed by atoms with Crippen LogP contribution in [0.1, 0.15) is 0 Å². The molecule has 0 aliphatic rings. The molecule has 3 aromatic rings.